The third kappa shape index (κ3) is 3.58. The van der Waals surface area contributed by atoms with Gasteiger partial charge in [-0.2, -0.15) is 0 Å². The van der Waals surface area contributed by atoms with E-state index in [1.165, 1.54) is 19.3 Å². The van der Waals surface area contributed by atoms with E-state index < -0.39 is 0 Å². The first-order chi connectivity index (χ1) is 12.3. The van der Waals surface area contributed by atoms with Crippen LogP contribution in [-0.2, 0) is 19.5 Å². The van der Waals surface area contributed by atoms with Gasteiger partial charge in [-0.15, -0.1) is 10.2 Å². The molecule has 25 heavy (non-hydrogen) atoms. The molecule has 3 heterocycles. The second-order valence-electron chi connectivity index (χ2n) is 6.93. The maximum Gasteiger partial charge on any atom is 0.253 e. The third-order valence-electron chi connectivity index (χ3n) is 5.23. The van der Waals surface area contributed by atoms with Gasteiger partial charge in [0.15, 0.2) is 0 Å². The van der Waals surface area contributed by atoms with E-state index in [0.717, 1.165) is 62.9 Å². The zero-order valence-electron chi connectivity index (χ0n) is 14.6. The predicted molar refractivity (Wildman–Crippen MR) is 95.2 cm³/mol. The molecular formula is C19H25N5O. The Kier molecular flexibility index (Phi) is 4.78. The van der Waals surface area contributed by atoms with Gasteiger partial charge >= 0.3 is 0 Å². The molecule has 1 aromatic heterocycles. The molecule has 2 aromatic rings. The Bertz CT molecular complexity index is 719. The van der Waals surface area contributed by atoms with Crippen LogP contribution in [0.4, 0.5) is 0 Å². The Morgan fingerprint density at radius 2 is 1.72 bits per heavy atom. The van der Waals surface area contributed by atoms with Gasteiger partial charge in [0, 0.05) is 44.7 Å². The summed E-state index contributed by atoms with van der Waals surface area (Å²) in [4.78, 5) is 16.9. The first-order valence-corrected chi connectivity index (χ1v) is 9.29. The van der Waals surface area contributed by atoms with Crippen molar-refractivity contribution in [2.24, 2.45) is 0 Å². The smallest absolute Gasteiger partial charge is 0.253 e. The van der Waals surface area contributed by atoms with Crippen LogP contribution in [0.25, 0.3) is 0 Å². The summed E-state index contributed by atoms with van der Waals surface area (Å²) in [6.45, 7) is 5.20. The van der Waals surface area contributed by atoms with E-state index in [4.69, 9.17) is 0 Å². The van der Waals surface area contributed by atoms with Crippen molar-refractivity contribution in [1.29, 1.82) is 0 Å². The highest BCUT2D eigenvalue weighted by molar-refractivity contribution is 5.94. The quantitative estimate of drug-likeness (QED) is 0.858. The molecule has 6 nitrogen and oxygen atoms in total. The molecule has 1 amide bonds. The summed E-state index contributed by atoms with van der Waals surface area (Å²) in [6, 6.07) is 9.55. The summed E-state index contributed by atoms with van der Waals surface area (Å²) in [5.74, 6) is 2.36. The number of carbonyl (C=O) groups is 1. The van der Waals surface area contributed by atoms with Crippen LogP contribution in [0.1, 0.15) is 41.3 Å². The van der Waals surface area contributed by atoms with Crippen LogP contribution in [0, 0.1) is 0 Å². The van der Waals surface area contributed by atoms with Crippen LogP contribution in [-0.4, -0.2) is 56.7 Å². The van der Waals surface area contributed by atoms with Gasteiger partial charge < -0.3 is 9.47 Å². The van der Waals surface area contributed by atoms with Crippen molar-refractivity contribution >= 4 is 5.91 Å². The second kappa shape index (κ2) is 7.35. The number of aromatic nitrogens is 3. The number of amides is 1. The molecule has 1 fully saturated rings. The van der Waals surface area contributed by atoms with E-state index in [-0.39, 0.29) is 5.91 Å². The molecule has 2 aliphatic rings. The van der Waals surface area contributed by atoms with Gasteiger partial charge in [-0.25, -0.2) is 0 Å². The lowest BCUT2D eigenvalue weighted by Gasteiger charge is -2.34. The highest BCUT2D eigenvalue weighted by atomic mass is 16.2. The molecule has 0 aliphatic carbocycles. The van der Waals surface area contributed by atoms with E-state index in [1.807, 2.05) is 35.2 Å². The number of aryl methyl sites for hydroxylation is 1. The van der Waals surface area contributed by atoms with Crippen molar-refractivity contribution in [1.82, 2.24) is 24.6 Å². The van der Waals surface area contributed by atoms with Crippen molar-refractivity contribution in [3.63, 3.8) is 0 Å². The minimum absolute atomic E-state index is 0.136. The molecule has 1 saturated heterocycles. The molecule has 0 saturated carbocycles. The summed E-state index contributed by atoms with van der Waals surface area (Å²) in [7, 11) is 0. The number of rotatable bonds is 3. The first kappa shape index (κ1) is 16.3. The maximum atomic E-state index is 12.5. The largest absolute Gasteiger partial charge is 0.336 e. The van der Waals surface area contributed by atoms with Gasteiger partial charge in [-0.05, 0) is 25.0 Å². The van der Waals surface area contributed by atoms with Crippen molar-refractivity contribution < 1.29 is 4.79 Å². The lowest BCUT2D eigenvalue weighted by atomic mass is 10.2. The van der Waals surface area contributed by atoms with Crippen LogP contribution >= 0.6 is 0 Å². The molecule has 0 spiro atoms. The number of fused-ring (bicyclic) bond motifs is 1. The molecule has 0 N–H and O–H groups in total. The van der Waals surface area contributed by atoms with Crippen molar-refractivity contribution in [3.05, 3.63) is 47.5 Å². The number of hydrogen-bond donors (Lipinski definition) is 0. The Morgan fingerprint density at radius 3 is 2.52 bits per heavy atom. The SMILES string of the molecule is O=C(c1ccccc1)N1CCN(Cc2nnc3n2CCCCC3)CC1. The molecule has 0 atom stereocenters. The number of piperazine rings is 1. The first-order valence-electron chi connectivity index (χ1n) is 9.29. The highest BCUT2D eigenvalue weighted by Crippen LogP contribution is 2.16. The normalized spacial score (nSPS) is 18.6. The van der Waals surface area contributed by atoms with Gasteiger partial charge in [0.2, 0.25) is 0 Å². The van der Waals surface area contributed by atoms with Crippen LogP contribution in [0.15, 0.2) is 30.3 Å². The Morgan fingerprint density at radius 1 is 0.920 bits per heavy atom. The average molecular weight is 339 g/mol. The summed E-state index contributed by atoms with van der Waals surface area (Å²) in [6.07, 6.45) is 4.77. The number of nitrogens with zero attached hydrogens (tertiary/aromatic N) is 5. The molecule has 0 unspecified atom stereocenters. The van der Waals surface area contributed by atoms with Gasteiger partial charge in [0.05, 0.1) is 6.54 Å². The zero-order chi connectivity index (χ0) is 17.1. The van der Waals surface area contributed by atoms with E-state index in [1.54, 1.807) is 0 Å². The number of hydrogen-bond acceptors (Lipinski definition) is 4. The molecule has 1 aromatic carbocycles. The monoisotopic (exact) mass is 339 g/mol. The van der Waals surface area contributed by atoms with Gasteiger partial charge in [0.25, 0.3) is 5.91 Å². The topological polar surface area (TPSA) is 54.3 Å². The summed E-state index contributed by atoms with van der Waals surface area (Å²) in [5, 5.41) is 8.81. The van der Waals surface area contributed by atoms with Crippen molar-refractivity contribution in [2.45, 2.75) is 38.8 Å². The van der Waals surface area contributed by atoms with E-state index in [0.29, 0.717) is 0 Å². The average Bonchev–Trinajstić information content (AvgIpc) is 2.89. The van der Waals surface area contributed by atoms with Gasteiger partial charge in [0.1, 0.15) is 11.6 Å². The fourth-order valence-electron chi connectivity index (χ4n) is 3.73. The lowest BCUT2D eigenvalue weighted by Crippen LogP contribution is -2.48. The van der Waals surface area contributed by atoms with Gasteiger partial charge in [-0.3, -0.25) is 9.69 Å². The fourth-order valence-corrected chi connectivity index (χ4v) is 3.73. The van der Waals surface area contributed by atoms with Crippen molar-refractivity contribution in [2.75, 3.05) is 26.2 Å². The lowest BCUT2D eigenvalue weighted by molar-refractivity contribution is 0.0624. The zero-order valence-corrected chi connectivity index (χ0v) is 14.6. The minimum Gasteiger partial charge on any atom is -0.336 e. The van der Waals surface area contributed by atoms with Crippen LogP contribution in [0.5, 0.6) is 0 Å². The molecule has 0 radical (unpaired) electrons. The van der Waals surface area contributed by atoms with Crippen LogP contribution in [0.3, 0.4) is 0 Å². The summed E-state index contributed by atoms with van der Waals surface area (Å²) < 4.78 is 2.31. The molecule has 0 bridgehead atoms. The fraction of sp³-hybridized carbons (Fsp3) is 0.526. The Labute approximate surface area is 148 Å². The predicted octanol–water partition coefficient (Wildman–Crippen LogP) is 1.96. The highest BCUT2D eigenvalue weighted by Gasteiger charge is 2.24. The van der Waals surface area contributed by atoms with Crippen LogP contribution in [0.2, 0.25) is 0 Å². The number of carbonyl (C=O) groups excluding carboxylic acids is 1. The summed E-state index contributed by atoms with van der Waals surface area (Å²) >= 11 is 0. The second-order valence-corrected chi connectivity index (χ2v) is 6.93. The molecule has 132 valence electrons. The van der Waals surface area contributed by atoms with E-state index in [2.05, 4.69) is 19.7 Å². The van der Waals surface area contributed by atoms with Crippen molar-refractivity contribution in [3.8, 4) is 0 Å². The molecule has 2 aliphatic heterocycles. The Balaban J connectivity index is 1.35. The molecule has 4 rings (SSSR count). The summed E-state index contributed by atoms with van der Waals surface area (Å²) in [5.41, 5.74) is 0.777. The minimum atomic E-state index is 0.136. The standard InChI is InChI=1S/C19H25N5O/c25-19(16-7-3-1-4-8-16)23-13-11-22(12-14-23)15-18-21-20-17-9-5-2-6-10-24(17)18/h1,3-4,7-8H,2,5-6,9-15H2. The molecule has 6 heteroatoms. The number of benzene rings is 1. The third-order valence-corrected chi connectivity index (χ3v) is 5.23. The van der Waals surface area contributed by atoms with Gasteiger partial charge in [-0.1, -0.05) is 24.6 Å². The van der Waals surface area contributed by atoms with E-state index >= 15 is 0 Å². The molecular weight excluding hydrogens is 314 g/mol. The van der Waals surface area contributed by atoms with E-state index in [9.17, 15) is 4.79 Å². The Hall–Kier alpha value is -2.21. The maximum absolute atomic E-state index is 12.5. The van der Waals surface area contributed by atoms with Crippen LogP contribution < -0.4 is 0 Å².